The number of hydrogen-bond donors (Lipinski definition) is 1. The van der Waals surface area contributed by atoms with Gasteiger partial charge in [0.2, 0.25) is 5.91 Å². The number of halogens is 2. The molecule has 27 heavy (non-hydrogen) atoms. The second kappa shape index (κ2) is 9.63. The monoisotopic (exact) mass is 421 g/mol. The molecule has 0 aromatic heterocycles. The maximum absolute atomic E-state index is 12.3. The smallest absolute Gasteiger partial charge is 0.227 e. The predicted molar refractivity (Wildman–Crippen MR) is 113 cm³/mol. The van der Waals surface area contributed by atoms with E-state index < -0.39 is 0 Å². The van der Waals surface area contributed by atoms with Crippen molar-refractivity contribution in [3.8, 4) is 0 Å². The standard InChI is InChI=1S/C21H21Cl2NO2S/c22-18-11-6-15(12-19(18)23)20(25)13-27-17-9-7-16(8-10-17)24-21(26)14-4-2-1-3-5-14/h6-12,14H,1-5,13H2,(H,24,26). The highest BCUT2D eigenvalue weighted by atomic mass is 35.5. The number of rotatable bonds is 6. The predicted octanol–water partition coefficient (Wildman–Crippen LogP) is 6.49. The molecular weight excluding hydrogens is 401 g/mol. The molecule has 0 atom stereocenters. The second-order valence-corrected chi connectivity index (χ2v) is 8.55. The minimum Gasteiger partial charge on any atom is -0.326 e. The van der Waals surface area contributed by atoms with E-state index >= 15 is 0 Å². The van der Waals surface area contributed by atoms with Gasteiger partial charge in [-0.25, -0.2) is 0 Å². The van der Waals surface area contributed by atoms with Gasteiger partial charge < -0.3 is 5.32 Å². The molecule has 3 nitrogen and oxygen atoms in total. The molecule has 142 valence electrons. The van der Waals surface area contributed by atoms with E-state index in [-0.39, 0.29) is 17.6 Å². The summed E-state index contributed by atoms with van der Waals surface area (Å²) in [5.74, 6) is 0.556. The maximum Gasteiger partial charge on any atom is 0.227 e. The number of thioether (sulfide) groups is 1. The number of nitrogens with one attached hydrogen (secondary N) is 1. The van der Waals surface area contributed by atoms with Crippen LogP contribution in [-0.2, 0) is 4.79 Å². The van der Waals surface area contributed by atoms with Crippen molar-refractivity contribution in [3.05, 3.63) is 58.1 Å². The van der Waals surface area contributed by atoms with E-state index in [0.29, 0.717) is 21.4 Å². The molecule has 2 aromatic carbocycles. The Balaban J connectivity index is 1.52. The molecule has 0 saturated heterocycles. The van der Waals surface area contributed by atoms with Crippen LogP contribution in [0.1, 0.15) is 42.5 Å². The molecule has 1 fully saturated rings. The SMILES string of the molecule is O=C(CSc1ccc(NC(=O)C2CCCCC2)cc1)c1ccc(Cl)c(Cl)c1. The van der Waals surface area contributed by atoms with Crippen molar-refractivity contribution in [2.24, 2.45) is 5.92 Å². The average Bonchev–Trinajstić information content (AvgIpc) is 2.70. The summed E-state index contributed by atoms with van der Waals surface area (Å²) in [6.07, 6.45) is 5.48. The topological polar surface area (TPSA) is 46.2 Å². The summed E-state index contributed by atoms with van der Waals surface area (Å²) in [5, 5.41) is 3.82. The van der Waals surface area contributed by atoms with Gasteiger partial charge in [-0.1, -0.05) is 42.5 Å². The van der Waals surface area contributed by atoms with Crippen LogP contribution in [0.4, 0.5) is 5.69 Å². The molecule has 1 N–H and O–H groups in total. The fourth-order valence-electron chi connectivity index (χ4n) is 3.15. The highest BCUT2D eigenvalue weighted by Gasteiger charge is 2.21. The first kappa shape index (κ1) is 20.2. The highest BCUT2D eigenvalue weighted by molar-refractivity contribution is 8.00. The molecule has 1 amide bonds. The Morgan fingerprint density at radius 3 is 2.33 bits per heavy atom. The van der Waals surface area contributed by atoms with Crippen molar-refractivity contribution >= 4 is 52.3 Å². The molecule has 2 aromatic rings. The maximum atomic E-state index is 12.3. The number of benzene rings is 2. The minimum atomic E-state index is -0.00626. The molecule has 1 saturated carbocycles. The lowest BCUT2D eigenvalue weighted by molar-refractivity contribution is -0.120. The third kappa shape index (κ3) is 5.74. The van der Waals surface area contributed by atoms with Crippen LogP contribution >= 0.6 is 35.0 Å². The Morgan fingerprint density at radius 1 is 0.963 bits per heavy atom. The molecule has 0 radical (unpaired) electrons. The third-order valence-electron chi connectivity index (χ3n) is 4.71. The van der Waals surface area contributed by atoms with Crippen LogP contribution < -0.4 is 5.32 Å². The summed E-state index contributed by atoms with van der Waals surface area (Å²) in [4.78, 5) is 25.6. The van der Waals surface area contributed by atoms with Gasteiger partial charge in [0.25, 0.3) is 0 Å². The van der Waals surface area contributed by atoms with Crippen molar-refractivity contribution < 1.29 is 9.59 Å². The largest absolute Gasteiger partial charge is 0.326 e. The summed E-state index contributed by atoms with van der Waals surface area (Å²) in [7, 11) is 0. The number of amides is 1. The van der Waals surface area contributed by atoms with Gasteiger partial charge in [0, 0.05) is 22.1 Å². The van der Waals surface area contributed by atoms with E-state index in [1.807, 2.05) is 24.3 Å². The van der Waals surface area contributed by atoms with Gasteiger partial charge in [-0.2, -0.15) is 0 Å². The van der Waals surface area contributed by atoms with Crippen LogP contribution in [0.15, 0.2) is 47.4 Å². The van der Waals surface area contributed by atoms with Crippen molar-refractivity contribution in [1.82, 2.24) is 0 Å². The number of carbonyl (C=O) groups excluding carboxylic acids is 2. The van der Waals surface area contributed by atoms with Crippen LogP contribution in [0.2, 0.25) is 10.0 Å². The average molecular weight is 422 g/mol. The van der Waals surface area contributed by atoms with Gasteiger partial charge in [0.05, 0.1) is 15.8 Å². The van der Waals surface area contributed by atoms with Crippen molar-refractivity contribution in [2.45, 2.75) is 37.0 Å². The van der Waals surface area contributed by atoms with E-state index in [1.54, 1.807) is 18.2 Å². The zero-order chi connectivity index (χ0) is 19.2. The first-order valence-corrected chi connectivity index (χ1v) is 10.8. The van der Waals surface area contributed by atoms with Crippen molar-refractivity contribution in [3.63, 3.8) is 0 Å². The molecular formula is C21H21Cl2NO2S. The van der Waals surface area contributed by atoms with Gasteiger partial charge in [0.15, 0.2) is 5.78 Å². The number of Topliss-reactive ketones (excluding diaryl/α,β-unsaturated/α-hetero) is 1. The van der Waals surface area contributed by atoms with Gasteiger partial charge in [0.1, 0.15) is 0 Å². The number of anilines is 1. The first-order valence-electron chi connectivity index (χ1n) is 9.05. The van der Waals surface area contributed by atoms with E-state index in [4.69, 9.17) is 23.2 Å². The molecule has 0 bridgehead atoms. The number of hydrogen-bond acceptors (Lipinski definition) is 3. The quantitative estimate of drug-likeness (QED) is 0.428. The fraction of sp³-hybridized carbons (Fsp3) is 0.333. The van der Waals surface area contributed by atoms with Gasteiger partial charge >= 0.3 is 0 Å². The summed E-state index contributed by atoms with van der Waals surface area (Å²) >= 11 is 13.3. The normalized spacial score (nSPS) is 14.7. The van der Waals surface area contributed by atoms with Crippen LogP contribution in [0.25, 0.3) is 0 Å². The summed E-state index contributed by atoms with van der Waals surface area (Å²) < 4.78 is 0. The van der Waals surface area contributed by atoms with Gasteiger partial charge in [-0.3, -0.25) is 9.59 Å². The Morgan fingerprint density at radius 2 is 1.67 bits per heavy atom. The zero-order valence-corrected chi connectivity index (χ0v) is 17.2. The Bertz CT molecular complexity index is 817. The first-order chi connectivity index (χ1) is 13.0. The van der Waals surface area contributed by atoms with Gasteiger partial charge in [-0.05, 0) is 55.3 Å². The molecule has 3 rings (SSSR count). The summed E-state index contributed by atoms with van der Waals surface area (Å²) in [6, 6.07) is 12.5. The van der Waals surface area contributed by atoms with E-state index in [1.165, 1.54) is 18.2 Å². The minimum absolute atomic E-state index is 0.00626. The third-order valence-corrected chi connectivity index (χ3v) is 6.46. The van der Waals surface area contributed by atoms with E-state index in [0.717, 1.165) is 36.3 Å². The fourth-order valence-corrected chi connectivity index (χ4v) is 4.24. The van der Waals surface area contributed by atoms with E-state index in [9.17, 15) is 9.59 Å². The highest BCUT2D eigenvalue weighted by Crippen LogP contribution is 2.27. The summed E-state index contributed by atoms with van der Waals surface area (Å²) in [6.45, 7) is 0. The lowest BCUT2D eigenvalue weighted by Gasteiger charge is -2.20. The Kier molecular flexibility index (Phi) is 7.22. The van der Waals surface area contributed by atoms with Crippen LogP contribution in [0.5, 0.6) is 0 Å². The zero-order valence-electron chi connectivity index (χ0n) is 14.8. The Hall–Kier alpha value is -1.49. The molecule has 1 aliphatic carbocycles. The van der Waals surface area contributed by atoms with E-state index in [2.05, 4.69) is 5.32 Å². The Labute approximate surface area is 173 Å². The molecule has 0 aliphatic heterocycles. The van der Waals surface area contributed by atoms with Crippen LogP contribution in [-0.4, -0.2) is 17.4 Å². The lowest BCUT2D eigenvalue weighted by atomic mass is 9.88. The molecule has 0 heterocycles. The van der Waals surface area contributed by atoms with Crippen LogP contribution in [0, 0.1) is 5.92 Å². The van der Waals surface area contributed by atoms with Crippen molar-refractivity contribution in [2.75, 3.05) is 11.1 Å². The summed E-state index contributed by atoms with van der Waals surface area (Å²) in [5.41, 5.74) is 1.35. The number of ketones is 1. The second-order valence-electron chi connectivity index (χ2n) is 6.69. The lowest BCUT2D eigenvalue weighted by Crippen LogP contribution is -2.24. The molecule has 0 unspecified atom stereocenters. The number of carbonyl (C=O) groups is 2. The van der Waals surface area contributed by atoms with Crippen molar-refractivity contribution in [1.29, 1.82) is 0 Å². The molecule has 1 aliphatic rings. The van der Waals surface area contributed by atoms with Gasteiger partial charge in [-0.15, -0.1) is 11.8 Å². The molecule has 0 spiro atoms. The van der Waals surface area contributed by atoms with Crippen LogP contribution in [0.3, 0.4) is 0 Å². The molecule has 6 heteroatoms.